The highest BCUT2D eigenvalue weighted by atomic mass is 16.5. The van der Waals surface area contributed by atoms with Crippen molar-refractivity contribution in [1.29, 1.82) is 0 Å². The van der Waals surface area contributed by atoms with Gasteiger partial charge in [-0.05, 0) is 38.3 Å². The lowest BCUT2D eigenvalue weighted by Crippen LogP contribution is -2.41. The summed E-state index contributed by atoms with van der Waals surface area (Å²) >= 11 is 0. The maximum atomic E-state index is 12.4. The summed E-state index contributed by atoms with van der Waals surface area (Å²) in [5.74, 6) is -0.347. The van der Waals surface area contributed by atoms with E-state index in [1.165, 1.54) is 5.56 Å². The standard InChI is InChI=1S/C21H27NO2/c1-4-24-21(23)20(15-18-11-7-5-8-12-18)17(3)22-16(2)19-13-9-6-10-14-19/h5-14,16-17,20,22H,4,15H2,1-3H3/t16-,17-,20-/m1/s1. The van der Waals surface area contributed by atoms with Gasteiger partial charge in [-0.25, -0.2) is 0 Å². The molecular formula is C21H27NO2. The first-order valence-electron chi connectivity index (χ1n) is 8.63. The van der Waals surface area contributed by atoms with Crippen LogP contribution >= 0.6 is 0 Å². The second-order valence-electron chi connectivity index (χ2n) is 6.14. The van der Waals surface area contributed by atoms with Crippen LogP contribution in [0.15, 0.2) is 60.7 Å². The number of hydrogen-bond acceptors (Lipinski definition) is 3. The molecule has 0 aliphatic rings. The molecule has 0 aliphatic carbocycles. The van der Waals surface area contributed by atoms with Crippen LogP contribution in [0.4, 0.5) is 0 Å². The molecule has 2 aromatic carbocycles. The van der Waals surface area contributed by atoms with E-state index in [1.54, 1.807) is 0 Å². The molecular weight excluding hydrogens is 298 g/mol. The number of carbonyl (C=O) groups excluding carboxylic acids is 1. The van der Waals surface area contributed by atoms with Crippen molar-refractivity contribution >= 4 is 5.97 Å². The Morgan fingerprint density at radius 2 is 1.58 bits per heavy atom. The van der Waals surface area contributed by atoms with Crippen LogP contribution in [-0.4, -0.2) is 18.6 Å². The molecule has 0 bridgehead atoms. The highest BCUT2D eigenvalue weighted by Gasteiger charge is 2.27. The molecule has 0 unspecified atom stereocenters. The Labute approximate surface area is 145 Å². The van der Waals surface area contributed by atoms with Gasteiger partial charge in [-0.1, -0.05) is 60.7 Å². The molecule has 0 amide bonds. The summed E-state index contributed by atoms with van der Waals surface area (Å²) in [5, 5.41) is 3.55. The average Bonchev–Trinajstić information content (AvgIpc) is 2.61. The molecule has 0 radical (unpaired) electrons. The Morgan fingerprint density at radius 3 is 2.17 bits per heavy atom. The van der Waals surface area contributed by atoms with Gasteiger partial charge < -0.3 is 10.1 Å². The number of ether oxygens (including phenoxy) is 1. The quantitative estimate of drug-likeness (QED) is 0.741. The van der Waals surface area contributed by atoms with Crippen LogP contribution < -0.4 is 5.32 Å². The summed E-state index contributed by atoms with van der Waals surface area (Å²) in [4.78, 5) is 12.4. The largest absolute Gasteiger partial charge is 0.466 e. The van der Waals surface area contributed by atoms with Crippen LogP contribution in [0.1, 0.15) is 37.9 Å². The molecule has 0 spiro atoms. The Bertz CT molecular complexity index is 612. The molecule has 0 aliphatic heterocycles. The van der Waals surface area contributed by atoms with E-state index in [1.807, 2.05) is 43.3 Å². The SMILES string of the molecule is CCOC(=O)[C@H](Cc1ccccc1)[C@@H](C)N[C@H](C)c1ccccc1. The topological polar surface area (TPSA) is 38.3 Å². The number of nitrogens with one attached hydrogen (secondary N) is 1. The summed E-state index contributed by atoms with van der Waals surface area (Å²) < 4.78 is 5.31. The van der Waals surface area contributed by atoms with Gasteiger partial charge in [0.2, 0.25) is 0 Å². The van der Waals surface area contributed by atoms with Crippen LogP contribution in [0.25, 0.3) is 0 Å². The third-order valence-corrected chi connectivity index (χ3v) is 4.30. The highest BCUT2D eigenvalue weighted by molar-refractivity contribution is 5.73. The van der Waals surface area contributed by atoms with Crippen LogP contribution in [0, 0.1) is 5.92 Å². The Hall–Kier alpha value is -2.13. The van der Waals surface area contributed by atoms with E-state index in [0.717, 1.165) is 5.56 Å². The molecule has 0 heterocycles. The van der Waals surface area contributed by atoms with Crippen LogP contribution in [0.2, 0.25) is 0 Å². The maximum absolute atomic E-state index is 12.4. The molecule has 3 atom stereocenters. The van der Waals surface area contributed by atoms with Gasteiger partial charge in [0.1, 0.15) is 0 Å². The second kappa shape index (κ2) is 9.24. The average molecular weight is 325 g/mol. The third kappa shape index (κ3) is 5.20. The minimum Gasteiger partial charge on any atom is -0.466 e. The van der Waals surface area contributed by atoms with E-state index in [0.29, 0.717) is 13.0 Å². The second-order valence-corrected chi connectivity index (χ2v) is 6.14. The molecule has 1 N–H and O–H groups in total. The molecule has 0 saturated heterocycles. The van der Waals surface area contributed by atoms with Crippen molar-refractivity contribution in [2.24, 2.45) is 5.92 Å². The lowest BCUT2D eigenvalue weighted by molar-refractivity contribution is -0.149. The zero-order valence-corrected chi connectivity index (χ0v) is 14.7. The van der Waals surface area contributed by atoms with Crippen molar-refractivity contribution < 1.29 is 9.53 Å². The van der Waals surface area contributed by atoms with E-state index >= 15 is 0 Å². The monoisotopic (exact) mass is 325 g/mol. The van der Waals surface area contributed by atoms with E-state index in [2.05, 4.69) is 43.4 Å². The predicted molar refractivity (Wildman–Crippen MR) is 97.7 cm³/mol. The molecule has 3 nitrogen and oxygen atoms in total. The van der Waals surface area contributed by atoms with Crippen LogP contribution in [-0.2, 0) is 16.0 Å². The summed E-state index contributed by atoms with van der Waals surface area (Å²) in [5.41, 5.74) is 2.36. The Morgan fingerprint density at radius 1 is 1.00 bits per heavy atom. The molecule has 0 saturated carbocycles. The van der Waals surface area contributed by atoms with Crippen molar-refractivity contribution in [3.05, 3.63) is 71.8 Å². The zero-order chi connectivity index (χ0) is 17.4. The number of benzene rings is 2. The number of esters is 1. The molecule has 128 valence electrons. The minimum atomic E-state index is -0.210. The van der Waals surface area contributed by atoms with Crippen LogP contribution in [0.3, 0.4) is 0 Å². The van der Waals surface area contributed by atoms with Crippen molar-refractivity contribution in [2.45, 2.75) is 39.3 Å². The maximum Gasteiger partial charge on any atom is 0.310 e. The summed E-state index contributed by atoms with van der Waals surface area (Å²) in [7, 11) is 0. The van der Waals surface area contributed by atoms with Crippen molar-refractivity contribution in [3.63, 3.8) is 0 Å². The van der Waals surface area contributed by atoms with E-state index in [9.17, 15) is 4.79 Å². The Balaban J connectivity index is 2.09. The fraction of sp³-hybridized carbons (Fsp3) is 0.381. The fourth-order valence-corrected chi connectivity index (χ4v) is 2.93. The third-order valence-electron chi connectivity index (χ3n) is 4.30. The number of hydrogen-bond donors (Lipinski definition) is 1. The highest BCUT2D eigenvalue weighted by Crippen LogP contribution is 2.19. The number of rotatable bonds is 8. The van der Waals surface area contributed by atoms with Crippen LogP contribution in [0.5, 0.6) is 0 Å². The lowest BCUT2D eigenvalue weighted by atomic mass is 9.92. The first-order valence-corrected chi connectivity index (χ1v) is 8.63. The first kappa shape index (κ1) is 18.2. The molecule has 0 aromatic heterocycles. The van der Waals surface area contributed by atoms with Gasteiger partial charge in [-0.3, -0.25) is 4.79 Å². The van der Waals surface area contributed by atoms with Crippen molar-refractivity contribution in [2.75, 3.05) is 6.61 Å². The molecule has 3 heteroatoms. The van der Waals surface area contributed by atoms with Gasteiger partial charge in [0, 0.05) is 12.1 Å². The summed E-state index contributed by atoms with van der Waals surface area (Å²) in [6.07, 6.45) is 0.676. The van der Waals surface area contributed by atoms with Gasteiger partial charge in [-0.2, -0.15) is 0 Å². The molecule has 2 rings (SSSR count). The minimum absolute atomic E-state index is 0.0134. The molecule has 2 aromatic rings. The predicted octanol–water partition coefficient (Wildman–Crippen LogP) is 4.15. The fourth-order valence-electron chi connectivity index (χ4n) is 2.93. The van der Waals surface area contributed by atoms with Gasteiger partial charge >= 0.3 is 5.97 Å². The van der Waals surface area contributed by atoms with E-state index < -0.39 is 0 Å². The van der Waals surface area contributed by atoms with E-state index in [-0.39, 0.29) is 24.0 Å². The van der Waals surface area contributed by atoms with Crippen molar-refractivity contribution in [1.82, 2.24) is 5.32 Å². The molecule has 0 fully saturated rings. The van der Waals surface area contributed by atoms with E-state index in [4.69, 9.17) is 4.74 Å². The van der Waals surface area contributed by atoms with Gasteiger partial charge in [-0.15, -0.1) is 0 Å². The first-order chi connectivity index (χ1) is 11.6. The Kier molecular flexibility index (Phi) is 7.01. The lowest BCUT2D eigenvalue weighted by Gasteiger charge is -2.27. The van der Waals surface area contributed by atoms with Gasteiger partial charge in [0.25, 0.3) is 0 Å². The van der Waals surface area contributed by atoms with Crippen molar-refractivity contribution in [3.8, 4) is 0 Å². The zero-order valence-electron chi connectivity index (χ0n) is 14.7. The normalized spacial score (nSPS) is 14.6. The van der Waals surface area contributed by atoms with Gasteiger partial charge in [0.05, 0.1) is 12.5 Å². The molecule has 24 heavy (non-hydrogen) atoms. The number of carbonyl (C=O) groups is 1. The smallest absolute Gasteiger partial charge is 0.310 e. The van der Waals surface area contributed by atoms with Gasteiger partial charge in [0.15, 0.2) is 0 Å². The summed E-state index contributed by atoms with van der Waals surface area (Å²) in [6.45, 7) is 6.44. The summed E-state index contributed by atoms with van der Waals surface area (Å²) in [6, 6.07) is 20.6.